The molecule has 1 fully saturated rings. The molecule has 1 aliphatic carbocycles. The van der Waals surface area contributed by atoms with E-state index < -0.39 is 5.97 Å². The maximum atomic E-state index is 12.2. The second kappa shape index (κ2) is 4.51. The minimum atomic E-state index is -1.02. The van der Waals surface area contributed by atoms with Crippen LogP contribution < -0.4 is 5.69 Å². The molecule has 0 aliphatic heterocycles. The van der Waals surface area contributed by atoms with Crippen LogP contribution in [0.4, 0.5) is 0 Å². The standard InChI is InChI=1S/C15H18N2O3/c1-2-15(7-4-8-15)9-17-11-6-3-5-10(13(18)19)12(11)16-14(17)20/h3,5-6H,2,4,7-9H2,1H3,(H,16,20)(H,18,19). The van der Waals surface area contributed by atoms with Crippen molar-refractivity contribution in [2.45, 2.75) is 39.2 Å². The van der Waals surface area contributed by atoms with Gasteiger partial charge in [0.15, 0.2) is 0 Å². The highest BCUT2D eigenvalue weighted by molar-refractivity contribution is 6.00. The summed E-state index contributed by atoms with van der Waals surface area (Å²) in [6.07, 6.45) is 4.54. The molecule has 1 aromatic heterocycles. The number of rotatable bonds is 4. The molecule has 0 amide bonds. The second-order valence-electron chi connectivity index (χ2n) is 5.73. The van der Waals surface area contributed by atoms with Crippen molar-refractivity contribution < 1.29 is 9.90 Å². The second-order valence-corrected chi connectivity index (χ2v) is 5.73. The molecule has 2 aromatic rings. The molecule has 20 heavy (non-hydrogen) atoms. The monoisotopic (exact) mass is 274 g/mol. The van der Waals surface area contributed by atoms with Crippen LogP contribution in [0.25, 0.3) is 11.0 Å². The highest BCUT2D eigenvalue weighted by atomic mass is 16.4. The number of carboxylic acids is 1. The number of aromatic carboxylic acids is 1. The first-order valence-electron chi connectivity index (χ1n) is 7.01. The van der Waals surface area contributed by atoms with Crippen molar-refractivity contribution >= 4 is 17.0 Å². The molecule has 5 heteroatoms. The van der Waals surface area contributed by atoms with Crippen LogP contribution >= 0.6 is 0 Å². The van der Waals surface area contributed by atoms with Crippen LogP contribution in [-0.2, 0) is 6.54 Å². The molecule has 2 N–H and O–H groups in total. The Morgan fingerprint density at radius 2 is 2.20 bits per heavy atom. The molecule has 0 radical (unpaired) electrons. The van der Waals surface area contributed by atoms with Gasteiger partial charge in [-0.25, -0.2) is 9.59 Å². The van der Waals surface area contributed by atoms with Gasteiger partial charge in [0.2, 0.25) is 0 Å². The number of nitrogens with one attached hydrogen (secondary N) is 1. The van der Waals surface area contributed by atoms with E-state index in [2.05, 4.69) is 11.9 Å². The van der Waals surface area contributed by atoms with E-state index in [1.165, 1.54) is 12.5 Å². The first-order chi connectivity index (χ1) is 9.56. The van der Waals surface area contributed by atoms with Crippen molar-refractivity contribution in [3.05, 3.63) is 34.2 Å². The molecular weight excluding hydrogens is 256 g/mol. The zero-order chi connectivity index (χ0) is 14.3. The topological polar surface area (TPSA) is 75.1 Å². The largest absolute Gasteiger partial charge is 0.478 e. The minimum absolute atomic E-state index is 0.150. The summed E-state index contributed by atoms with van der Waals surface area (Å²) in [5.41, 5.74) is 1.26. The Morgan fingerprint density at radius 1 is 1.45 bits per heavy atom. The Hall–Kier alpha value is -2.04. The molecule has 5 nitrogen and oxygen atoms in total. The molecule has 1 aromatic carbocycles. The molecule has 106 valence electrons. The van der Waals surface area contributed by atoms with Gasteiger partial charge < -0.3 is 10.1 Å². The summed E-state index contributed by atoms with van der Waals surface area (Å²) in [5, 5.41) is 9.19. The van der Waals surface area contributed by atoms with Crippen LogP contribution in [0.1, 0.15) is 43.0 Å². The Kier molecular flexibility index (Phi) is 2.92. The van der Waals surface area contributed by atoms with Gasteiger partial charge in [-0.3, -0.25) is 4.57 Å². The van der Waals surface area contributed by atoms with Crippen molar-refractivity contribution in [1.29, 1.82) is 0 Å². The maximum Gasteiger partial charge on any atom is 0.337 e. The highest BCUT2D eigenvalue weighted by Crippen LogP contribution is 2.45. The molecule has 1 heterocycles. The van der Waals surface area contributed by atoms with Gasteiger partial charge in [-0.15, -0.1) is 0 Å². The van der Waals surface area contributed by atoms with Gasteiger partial charge in [0.05, 0.1) is 16.6 Å². The van der Waals surface area contributed by atoms with Crippen LogP contribution in [-0.4, -0.2) is 20.6 Å². The van der Waals surface area contributed by atoms with Gasteiger partial charge in [-0.05, 0) is 36.8 Å². The lowest BCUT2D eigenvalue weighted by atomic mass is 9.67. The normalized spacial score (nSPS) is 17.1. The fraction of sp³-hybridized carbons (Fsp3) is 0.467. The van der Waals surface area contributed by atoms with E-state index >= 15 is 0 Å². The van der Waals surface area contributed by atoms with Crippen LogP contribution in [0.3, 0.4) is 0 Å². The summed E-state index contributed by atoms with van der Waals surface area (Å²) in [4.78, 5) is 26.1. The van der Waals surface area contributed by atoms with Crippen LogP contribution in [0.2, 0.25) is 0 Å². The van der Waals surface area contributed by atoms with Gasteiger partial charge in [0.1, 0.15) is 0 Å². The number of aromatic nitrogens is 2. The molecule has 3 rings (SSSR count). The Morgan fingerprint density at radius 3 is 2.75 bits per heavy atom. The van der Waals surface area contributed by atoms with Crippen molar-refractivity contribution in [3.63, 3.8) is 0 Å². The lowest BCUT2D eigenvalue weighted by Gasteiger charge is -2.41. The third-order valence-corrected chi connectivity index (χ3v) is 4.70. The molecule has 1 aliphatic rings. The number of carbonyl (C=O) groups is 1. The number of fused-ring (bicyclic) bond motifs is 1. The molecule has 0 saturated heterocycles. The van der Waals surface area contributed by atoms with Crippen molar-refractivity contribution in [1.82, 2.24) is 9.55 Å². The molecule has 0 bridgehead atoms. The minimum Gasteiger partial charge on any atom is -0.478 e. The number of H-pyrrole nitrogens is 1. The molecule has 1 saturated carbocycles. The van der Waals surface area contributed by atoms with E-state index in [0.717, 1.165) is 19.3 Å². The zero-order valence-electron chi connectivity index (χ0n) is 11.5. The van der Waals surface area contributed by atoms with E-state index in [4.69, 9.17) is 0 Å². The summed E-state index contributed by atoms with van der Waals surface area (Å²) in [6, 6.07) is 5.01. The fourth-order valence-corrected chi connectivity index (χ4v) is 3.15. The van der Waals surface area contributed by atoms with E-state index in [1.807, 2.05) is 6.07 Å². The van der Waals surface area contributed by atoms with Crippen LogP contribution in [0, 0.1) is 5.41 Å². The first kappa shape index (κ1) is 13.0. The quantitative estimate of drug-likeness (QED) is 0.899. The van der Waals surface area contributed by atoms with Gasteiger partial charge in [-0.2, -0.15) is 0 Å². The van der Waals surface area contributed by atoms with E-state index in [9.17, 15) is 14.7 Å². The zero-order valence-corrected chi connectivity index (χ0v) is 11.5. The SMILES string of the molecule is CCC1(Cn2c(=O)[nH]c3c(C(=O)O)cccc32)CCC1. The Bertz CT molecular complexity index is 717. The predicted molar refractivity (Wildman–Crippen MR) is 76.1 cm³/mol. The number of aromatic amines is 1. The third-order valence-electron chi connectivity index (χ3n) is 4.70. The van der Waals surface area contributed by atoms with Gasteiger partial charge in [0, 0.05) is 6.54 Å². The number of hydrogen-bond acceptors (Lipinski definition) is 2. The third kappa shape index (κ3) is 1.85. The lowest BCUT2D eigenvalue weighted by molar-refractivity contribution is 0.0699. The summed E-state index contributed by atoms with van der Waals surface area (Å²) >= 11 is 0. The first-order valence-corrected chi connectivity index (χ1v) is 7.01. The summed E-state index contributed by atoms with van der Waals surface area (Å²) < 4.78 is 1.70. The summed E-state index contributed by atoms with van der Waals surface area (Å²) in [5.74, 6) is -1.02. The Balaban J connectivity index is 2.12. The summed E-state index contributed by atoms with van der Waals surface area (Å²) in [6.45, 7) is 2.83. The number of para-hydroxylation sites is 1. The number of benzene rings is 1. The number of nitrogens with zero attached hydrogens (tertiary/aromatic N) is 1. The van der Waals surface area contributed by atoms with E-state index in [-0.39, 0.29) is 16.7 Å². The van der Waals surface area contributed by atoms with Crippen molar-refractivity contribution in [3.8, 4) is 0 Å². The molecule has 0 spiro atoms. The number of imidazole rings is 1. The predicted octanol–water partition coefficient (Wildman–Crippen LogP) is 2.61. The molecular formula is C15H18N2O3. The van der Waals surface area contributed by atoms with Crippen molar-refractivity contribution in [2.24, 2.45) is 5.41 Å². The van der Waals surface area contributed by atoms with E-state index in [1.54, 1.807) is 10.6 Å². The lowest BCUT2D eigenvalue weighted by Crippen LogP contribution is -2.36. The van der Waals surface area contributed by atoms with Gasteiger partial charge in [0.25, 0.3) is 0 Å². The smallest absolute Gasteiger partial charge is 0.337 e. The number of hydrogen-bond donors (Lipinski definition) is 2. The van der Waals surface area contributed by atoms with E-state index in [0.29, 0.717) is 17.6 Å². The molecule has 0 atom stereocenters. The highest BCUT2D eigenvalue weighted by Gasteiger charge is 2.36. The maximum absolute atomic E-state index is 12.2. The van der Waals surface area contributed by atoms with Crippen molar-refractivity contribution in [2.75, 3.05) is 0 Å². The summed E-state index contributed by atoms with van der Waals surface area (Å²) in [7, 11) is 0. The average Bonchev–Trinajstić information content (AvgIpc) is 2.69. The van der Waals surface area contributed by atoms with Gasteiger partial charge >= 0.3 is 11.7 Å². The fourth-order valence-electron chi connectivity index (χ4n) is 3.15. The van der Waals surface area contributed by atoms with Crippen LogP contribution in [0.5, 0.6) is 0 Å². The van der Waals surface area contributed by atoms with Gasteiger partial charge in [-0.1, -0.05) is 19.4 Å². The Labute approximate surface area is 116 Å². The molecule has 0 unspecified atom stereocenters. The van der Waals surface area contributed by atoms with Crippen LogP contribution in [0.15, 0.2) is 23.0 Å². The average molecular weight is 274 g/mol. The number of carboxylic acid groups (broad SMARTS) is 1.